The first kappa shape index (κ1) is 20.6. The van der Waals surface area contributed by atoms with Crippen LogP contribution >= 0.6 is 0 Å². The van der Waals surface area contributed by atoms with Crippen LogP contribution in [0, 0.1) is 23.2 Å². The largest absolute Gasteiger partial charge is 0.392 e. The molecule has 2 aliphatic carbocycles. The molecule has 0 radical (unpaired) electrons. The normalized spacial score (nSPS) is 41.3. The highest BCUT2D eigenvalue weighted by Crippen LogP contribution is 2.52. The molecule has 1 heterocycles. The van der Waals surface area contributed by atoms with Crippen LogP contribution in [0.4, 0.5) is 0 Å². The van der Waals surface area contributed by atoms with E-state index in [9.17, 15) is 13.5 Å². The summed E-state index contributed by atoms with van der Waals surface area (Å²) < 4.78 is 26.9. The van der Waals surface area contributed by atoms with E-state index in [0.29, 0.717) is 5.92 Å². The number of hydrogen-bond donors (Lipinski definition) is 1. The van der Waals surface area contributed by atoms with Crippen LogP contribution in [0.1, 0.15) is 97.3 Å². The Labute approximate surface area is 161 Å². The molecule has 0 bridgehead atoms. The van der Waals surface area contributed by atoms with Crippen molar-refractivity contribution in [1.29, 1.82) is 0 Å². The van der Waals surface area contributed by atoms with Gasteiger partial charge >= 0.3 is 0 Å². The summed E-state index contributed by atoms with van der Waals surface area (Å²) in [5.74, 6) is 1.16. The van der Waals surface area contributed by atoms with Crippen molar-refractivity contribution in [2.45, 2.75) is 109 Å². The van der Waals surface area contributed by atoms with Gasteiger partial charge in [-0.3, -0.25) is 0 Å². The highest BCUT2D eigenvalue weighted by atomic mass is 32.2. The third-order valence-corrected chi connectivity index (χ3v) is 10.6. The zero-order chi connectivity index (χ0) is 18.8. The second-order valence-corrected chi connectivity index (χ2v) is 11.8. The molecular formula is C22H40O3S. The second-order valence-electron chi connectivity index (χ2n) is 9.53. The standard InChI is InChI=1S/C22H40O3S/c1-3-5-15-22(4-2)16-26(24,25)19-14-10-9-13-18(19)20(21(22)23)17-11-7-6-8-12-17/h17-21,23H,3-16H2,1-2H3/t18?,19?,20-,21+,22+/m0/s1. The molecule has 0 aromatic carbocycles. The van der Waals surface area contributed by atoms with Gasteiger partial charge in [0.05, 0.1) is 17.1 Å². The van der Waals surface area contributed by atoms with Gasteiger partial charge in [-0.25, -0.2) is 8.42 Å². The van der Waals surface area contributed by atoms with Gasteiger partial charge in [0.25, 0.3) is 0 Å². The van der Waals surface area contributed by atoms with E-state index in [-0.39, 0.29) is 22.8 Å². The lowest BCUT2D eigenvalue weighted by Gasteiger charge is -2.46. The summed E-state index contributed by atoms with van der Waals surface area (Å²) in [5, 5.41) is 11.6. The minimum atomic E-state index is -3.13. The average molecular weight is 385 g/mol. The molecule has 0 amide bonds. The maximum atomic E-state index is 13.4. The van der Waals surface area contributed by atoms with Gasteiger partial charge in [0, 0.05) is 5.41 Å². The van der Waals surface area contributed by atoms with E-state index in [2.05, 4.69) is 13.8 Å². The molecule has 4 heteroatoms. The van der Waals surface area contributed by atoms with Crippen molar-refractivity contribution in [2.75, 3.05) is 5.75 Å². The minimum absolute atomic E-state index is 0.187. The molecular weight excluding hydrogens is 344 g/mol. The smallest absolute Gasteiger partial charge is 0.154 e. The molecule has 152 valence electrons. The van der Waals surface area contributed by atoms with E-state index in [0.717, 1.165) is 51.4 Å². The first-order chi connectivity index (χ1) is 12.4. The number of aliphatic hydroxyl groups excluding tert-OH is 1. The zero-order valence-corrected chi connectivity index (χ0v) is 17.8. The van der Waals surface area contributed by atoms with Crippen molar-refractivity contribution in [3.63, 3.8) is 0 Å². The Kier molecular flexibility index (Phi) is 6.75. The Morgan fingerprint density at radius 3 is 2.27 bits per heavy atom. The van der Waals surface area contributed by atoms with Gasteiger partial charge in [-0.1, -0.05) is 71.6 Å². The van der Waals surface area contributed by atoms with E-state index < -0.39 is 21.4 Å². The lowest BCUT2D eigenvalue weighted by atomic mass is 9.61. The molecule has 3 aliphatic rings. The van der Waals surface area contributed by atoms with E-state index in [1.54, 1.807) is 0 Å². The van der Waals surface area contributed by atoms with Crippen LogP contribution in [0.3, 0.4) is 0 Å². The summed E-state index contributed by atoms with van der Waals surface area (Å²) in [7, 11) is -3.13. The van der Waals surface area contributed by atoms with E-state index in [1.165, 1.54) is 32.1 Å². The monoisotopic (exact) mass is 384 g/mol. The zero-order valence-electron chi connectivity index (χ0n) is 17.0. The van der Waals surface area contributed by atoms with Gasteiger partial charge in [-0.05, 0) is 43.4 Å². The molecule has 26 heavy (non-hydrogen) atoms. The summed E-state index contributed by atoms with van der Waals surface area (Å²) in [5.41, 5.74) is -0.422. The van der Waals surface area contributed by atoms with E-state index >= 15 is 0 Å². The summed E-state index contributed by atoms with van der Waals surface area (Å²) in [6.07, 6.45) is 13.5. The fourth-order valence-electron chi connectivity index (χ4n) is 6.61. The summed E-state index contributed by atoms with van der Waals surface area (Å²) in [4.78, 5) is 0. The third kappa shape index (κ3) is 3.87. The Morgan fingerprint density at radius 1 is 0.962 bits per heavy atom. The predicted molar refractivity (Wildman–Crippen MR) is 108 cm³/mol. The Hall–Kier alpha value is -0.0900. The molecule has 0 aromatic rings. The average Bonchev–Trinajstić information content (AvgIpc) is 2.73. The lowest BCUT2D eigenvalue weighted by Crippen LogP contribution is -2.47. The first-order valence-electron chi connectivity index (χ1n) is 11.3. The van der Waals surface area contributed by atoms with Crippen molar-refractivity contribution in [3.8, 4) is 0 Å². The molecule has 1 N–H and O–H groups in total. The highest BCUT2D eigenvalue weighted by molar-refractivity contribution is 7.92. The lowest BCUT2D eigenvalue weighted by molar-refractivity contribution is -0.0637. The maximum absolute atomic E-state index is 13.4. The molecule has 0 spiro atoms. The molecule has 3 nitrogen and oxygen atoms in total. The van der Waals surface area contributed by atoms with Crippen LogP contribution in [-0.4, -0.2) is 30.6 Å². The van der Waals surface area contributed by atoms with Crippen LogP contribution in [0.15, 0.2) is 0 Å². The Bertz CT molecular complexity index is 552. The minimum Gasteiger partial charge on any atom is -0.392 e. The van der Waals surface area contributed by atoms with E-state index in [1.807, 2.05) is 0 Å². The molecule has 2 unspecified atom stereocenters. The number of sulfone groups is 1. The molecule has 5 atom stereocenters. The summed E-state index contributed by atoms with van der Waals surface area (Å²) in [6.45, 7) is 4.28. The molecule has 2 saturated carbocycles. The van der Waals surface area contributed by atoms with Crippen LogP contribution in [0.2, 0.25) is 0 Å². The van der Waals surface area contributed by atoms with Crippen LogP contribution < -0.4 is 0 Å². The molecule has 3 rings (SSSR count). The number of hydrogen-bond acceptors (Lipinski definition) is 3. The Balaban J connectivity index is 2.03. The van der Waals surface area contributed by atoms with Gasteiger partial charge in [0.15, 0.2) is 9.84 Å². The van der Waals surface area contributed by atoms with Crippen molar-refractivity contribution < 1.29 is 13.5 Å². The van der Waals surface area contributed by atoms with Gasteiger partial charge in [-0.2, -0.15) is 0 Å². The fourth-order valence-corrected chi connectivity index (χ4v) is 9.52. The number of fused-ring (bicyclic) bond motifs is 1. The SMILES string of the molecule is CCCC[C@]1(CC)CS(=O)(=O)C2CCCCC2[C@H](C2CCCCC2)[C@H]1O. The summed E-state index contributed by atoms with van der Waals surface area (Å²) in [6, 6.07) is 0. The summed E-state index contributed by atoms with van der Waals surface area (Å²) >= 11 is 0. The van der Waals surface area contributed by atoms with Crippen LogP contribution in [0.25, 0.3) is 0 Å². The van der Waals surface area contributed by atoms with Gasteiger partial charge in [-0.15, -0.1) is 0 Å². The number of unbranched alkanes of at least 4 members (excludes halogenated alkanes) is 1. The topological polar surface area (TPSA) is 54.4 Å². The molecule has 0 aromatic heterocycles. The molecule has 1 saturated heterocycles. The van der Waals surface area contributed by atoms with Crippen LogP contribution in [-0.2, 0) is 9.84 Å². The van der Waals surface area contributed by atoms with E-state index in [4.69, 9.17) is 0 Å². The second kappa shape index (κ2) is 8.51. The molecule has 1 aliphatic heterocycles. The maximum Gasteiger partial charge on any atom is 0.154 e. The number of rotatable bonds is 5. The van der Waals surface area contributed by atoms with Crippen molar-refractivity contribution in [3.05, 3.63) is 0 Å². The van der Waals surface area contributed by atoms with Crippen molar-refractivity contribution >= 4 is 9.84 Å². The van der Waals surface area contributed by atoms with Gasteiger partial charge in [0.2, 0.25) is 0 Å². The quantitative estimate of drug-likeness (QED) is 0.716. The van der Waals surface area contributed by atoms with Crippen LogP contribution in [0.5, 0.6) is 0 Å². The predicted octanol–water partition coefficient (Wildman–Crippen LogP) is 5.12. The first-order valence-corrected chi connectivity index (χ1v) is 13.1. The van der Waals surface area contributed by atoms with Gasteiger partial charge in [0.1, 0.15) is 0 Å². The fraction of sp³-hybridized carbons (Fsp3) is 1.00. The van der Waals surface area contributed by atoms with Crippen molar-refractivity contribution in [1.82, 2.24) is 0 Å². The van der Waals surface area contributed by atoms with Crippen molar-refractivity contribution in [2.24, 2.45) is 23.2 Å². The Morgan fingerprint density at radius 2 is 1.62 bits per heavy atom. The number of aliphatic hydroxyl groups is 1. The van der Waals surface area contributed by atoms with Gasteiger partial charge < -0.3 is 5.11 Å². The highest BCUT2D eigenvalue weighted by Gasteiger charge is 2.55. The third-order valence-electron chi connectivity index (χ3n) is 8.12. The molecule has 3 fully saturated rings.